The van der Waals surface area contributed by atoms with Crippen LogP contribution in [0.1, 0.15) is 10.4 Å². The first-order valence-electron chi connectivity index (χ1n) is 5.33. The Labute approximate surface area is 119 Å². The molecule has 0 saturated carbocycles. The summed E-state index contributed by atoms with van der Waals surface area (Å²) in [4.78, 5) is 12.0. The molecule has 0 heterocycles. The zero-order chi connectivity index (χ0) is 14.0. The lowest BCUT2D eigenvalue weighted by molar-refractivity contribution is 0.102. The van der Waals surface area contributed by atoms with Crippen molar-refractivity contribution < 1.29 is 9.90 Å². The highest BCUT2D eigenvalue weighted by atomic mass is 35.5. The highest BCUT2D eigenvalue weighted by Gasteiger charge is 2.14. The molecular formula is C13H10Cl2N2O2. The van der Waals surface area contributed by atoms with Crippen molar-refractivity contribution in [1.29, 1.82) is 0 Å². The van der Waals surface area contributed by atoms with Gasteiger partial charge in [-0.15, -0.1) is 0 Å². The average Bonchev–Trinajstić information content (AvgIpc) is 2.37. The van der Waals surface area contributed by atoms with E-state index in [9.17, 15) is 9.90 Å². The minimum Gasteiger partial charge on any atom is -0.507 e. The molecule has 0 aromatic heterocycles. The third-order valence-corrected chi connectivity index (χ3v) is 3.04. The first-order chi connectivity index (χ1) is 8.99. The first kappa shape index (κ1) is 13.5. The molecule has 0 aliphatic heterocycles. The Morgan fingerprint density at radius 2 is 1.95 bits per heavy atom. The van der Waals surface area contributed by atoms with Crippen molar-refractivity contribution in [1.82, 2.24) is 0 Å². The fourth-order valence-electron chi connectivity index (χ4n) is 1.54. The van der Waals surface area contributed by atoms with Gasteiger partial charge in [-0.1, -0.05) is 29.3 Å². The van der Waals surface area contributed by atoms with E-state index in [-0.39, 0.29) is 11.3 Å². The molecule has 4 nitrogen and oxygen atoms in total. The van der Waals surface area contributed by atoms with Gasteiger partial charge in [0.25, 0.3) is 5.91 Å². The summed E-state index contributed by atoms with van der Waals surface area (Å²) in [5.41, 5.74) is 6.41. The number of carbonyl (C=O) groups is 1. The third-order valence-electron chi connectivity index (χ3n) is 2.49. The molecule has 0 radical (unpaired) electrons. The summed E-state index contributed by atoms with van der Waals surface area (Å²) >= 11 is 11.7. The first-order valence-corrected chi connectivity index (χ1v) is 6.08. The molecule has 2 aromatic rings. The number of carbonyl (C=O) groups excluding carboxylic acids is 1. The number of nitrogens with two attached hydrogens (primary N) is 1. The Bertz CT molecular complexity index is 624. The van der Waals surface area contributed by atoms with Gasteiger partial charge >= 0.3 is 0 Å². The van der Waals surface area contributed by atoms with Gasteiger partial charge in [0.05, 0.1) is 22.0 Å². The molecule has 4 N–H and O–H groups in total. The van der Waals surface area contributed by atoms with Crippen LogP contribution in [-0.4, -0.2) is 11.0 Å². The van der Waals surface area contributed by atoms with Crippen LogP contribution in [0.15, 0.2) is 36.4 Å². The molecule has 0 atom stereocenters. The van der Waals surface area contributed by atoms with E-state index in [0.717, 1.165) is 0 Å². The van der Waals surface area contributed by atoms with Gasteiger partial charge in [0.2, 0.25) is 0 Å². The molecular weight excluding hydrogens is 287 g/mol. The van der Waals surface area contributed by atoms with Crippen molar-refractivity contribution in [2.24, 2.45) is 0 Å². The third kappa shape index (κ3) is 2.92. The number of hydrogen-bond donors (Lipinski definition) is 3. The smallest absolute Gasteiger partial charge is 0.259 e. The minimum atomic E-state index is -0.542. The summed E-state index contributed by atoms with van der Waals surface area (Å²) in [6.07, 6.45) is 0. The highest BCUT2D eigenvalue weighted by Crippen LogP contribution is 2.29. The number of benzene rings is 2. The van der Waals surface area contributed by atoms with E-state index >= 15 is 0 Å². The van der Waals surface area contributed by atoms with Crippen molar-refractivity contribution in [2.75, 3.05) is 11.1 Å². The molecule has 0 aliphatic carbocycles. The Kier molecular flexibility index (Phi) is 3.83. The molecule has 6 heteroatoms. The van der Waals surface area contributed by atoms with Crippen LogP contribution < -0.4 is 11.1 Å². The standard InChI is InChI=1S/C13H10Cl2N2O2/c14-7-4-5-11(18)8(6-7)13(19)17-12-9(15)2-1-3-10(12)16/h1-6,18H,16H2,(H,17,19). The Hall–Kier alpha value is -1.91. The van der Waals surface area contributed by atoms with Gasteiger partial charge in [0.15, 0.2) is 0 Å². The number of para-hydroxylation sites is 1. The largest absolute Gasteiger partial charge is 0.507 e. The van der Waals surface area contributed by atoms with E-state index in [2.05, 4.69) is 5.32 Å². The Morgan fingerprint density at radius 3 is 2.63 bits per heavy atom. The summed E-state index contributed by atoms with van der Waals surface area (Å²) < 4.78 is 0. The summed E-state index contributed by atoms with van der Waals surface area (Å²) in [6, 6.07) is 9.07. The van der Waals surface area contributed by atoms with Gasteiger partial charge in [-0.25, -0.2) is 0 Å². The number of aromatic hydroxyl groups is 1. The van der Waals surface area contributed by atoms with Gasteiger partial charge in [0.1, 0.15) is 5.75 Å². The molecule has 0 aliphatic rings. The highest BCUT2D eigenvalue weighted by molar-refractivity contribution is 6.35. The number of amides is 1. The molecule has 2 aromatic carbocycles. The SMILES string of the molecule is Nc1cccc(Cl)c1NC(=O)c1cc(Cl)ccc1O. The van der Waals surface area contributed by atoms with E-state index in [4.69, 9.17) is 28.9 Å². The van der Waals surface area contributed by atoms with E-state index < -0.39 is 5.91 Å². The van der Waals surface area contributed by atoms with Crippen LogP contribution in [0, 0.1) is 0 Å². The van der Waals surface area contributed by atoms with E-state index in [1.165, 1.54) is 18.2 Å². The number of halogens is 2. The Balaban J connectivity index is 2.34. The molecule has 2 rings (SSSR count). The van der Waals surface area contributed by atoms with Crippen molar-refractivity contribution in [3.05, 3.63) is 52.0 Å². The lowest BCUT2D eigenvalue weighted by Gasteiger charge is -2.11. The molecule has 1 amide bonds. The summed E-state index contributed by atoms with van der Waals surface area (Å²) in [7, 11) is 0. The molecule has 0 spiro atoms. The van der Waals surface area contributed by atoms with Gasteiger partial charge in [-0.3, -0.25) is 4.79 Å². The maximum absolute atomic E-state index is 12.0. The van der Waals surface area contributed by atoms with Crippen molar-refractivity contribution >= 4 is 40.5 Å². The number of hydrogen-bond acceptors (Lipinski definition) is 3. The lowest BCUT2D eigenvalue weighted by Crippen LogP contribution is -2.13. The van der Waals surface area contributed by atoms with Gasteiger partial charge in [-0.2, -0.15) is 0 Å². The number of nitrogen functional groups attached to an aromatic ring is 1. The molecule has 0 bridgehead atoms. The van der Waals surface area contributed by atoms with Gasteiger partial charge in [0, 0.05) is 5.02 Å². The average molecular weight is 297 g/mol. The second-order valence-corrected chi connectivity index (χ2v) is 4.66. The maximum atomic E-state index is 12.0. The van der Waals surface area contributed by atoms with Crippen molar-refractivity contribution in [3.63, 3.8) is 0 Å². The maximum Gasteiger partial charge on any atom is 0.259 e. The molecule has 0 unspecified atom stereocenters. The summed E-state index contributed by atoms with van der Waals surface area (Å²) in [6.45, 7) is 0. The lowest BCUT2D eigenvalue weighted by atomic mass is 10.1. The summed E-state index contributed by atoms with van der Waals surface area (Å²) in [5.74, 6) is -0.715. The number of phenols is 1. The molecule has 0 fully saturated rings. The van der Waals surface area contributed by atoms with Crippen LogP contribution >= 0.6 is 23.2 Å². The van der Waals surface area contributed by atoms with Crippen molar-refractivity contribution in [2.45, 2.75) is 0 Å². The number of nitrogens with one attached hydrogen (secondary N) is 1. The van der Waals surface area contributed by atoms with E-state index in [0.29, 0.717) is 21.4 Å². The minimum absolute atomic E-state index is 0.0480. The van der Waals surface area contributed by atoms with Crippen LogP contribution in [0.3, 0.4) is 0 Å². The van der Waals surface area contributed by atoms with Crippen LogP contribution in [0.5, 0.6) is 5.75 Å². The number of rotatable bonds is 2. The molecule has 19 heavy (non-hydrogen) atoms. The number of anilines is 2. The fraction of sp³-hybridized carbons (Fsp3) is 0. The zero-order valence-electron chi connectivity index (χ0n) is 9.65. The predicted octanol–water partition coefficient (Wildman–Crippen LogP) is 3.53. The van der Waals surface area contributed by atoms with Gasteiger partial charge < -0.3 is 16.2 Å². The topological polar surface area (TPSA) is 75.3 Å². The zero-order valence-corrected chi connectivity index (χ0v) is 11.2. The predicted molar refractivity (Wildman–Crippen MR) is 76.9 cm³/mol. The fourth-order valence-corrected chi connectivity index (χ4v) is 1.94. The van der Waals surface area contributed by atoms with Crippen molar-refractivity contribution in [3.8, 4) is 5.75 Å². The van der Waals surface area contributed by atoms with Crippen LogP contribution in [0.25, 0.3) is 0 Å². The quantitative estimate of drug-likeness (QED) is 0.742. The second kappa shape index (κ2) is 5.38. The number of phenolic OH excluding ortho intramolecular Hbond substituents is 1. The second-order valence-electron chi connectivity index (χ2n) is 3.82. The van der Waals surface area contributed by atoms with Crippen LogP contribution in [-0.2, 0) is 0 Å². The van der Waals surface area contributed by atoms with E-state index in [1.54, 1.807) is 18.2 Å². The monoisotopic (exact) mass is 296 g/mol. The van der Waals surface area contributed by atoms with Gasteiger partial charge in [-0.05, 0) is 30.3 Å². The molecule has 98 valence electrons. The summed E-state index contributed by atoms with van der Waals surface area (Å²) in [5, 5.41) is 12.8. The van der Waals surface area contributed by atoms with Crippen LogP contribution in [0.4, 0.5) is 11.4 Å². The Morgan fingerprint density at radius 1 is 1.21 bits per heavy atom. The van der Waals surface area contributed by atoms with Crippen LogP contribution in [0.2, 0.25) is 10.0 Å². The van der Waals surface area contributed by atoms with E-state index in [1.807, 2.05) is 0 Å². The normalized spacial score (nSPS) is 10.2. The molecule has 0 saturated heterocycles.